The Morgan fingerprint density at radius 3 is 3.00 bits per heavy atom. The van der Waals surface area contributed by atoms with E-state index in [0.29, 0.717) is 31.0 Å². The third kappa shape index (κ3) is 4.95. The number of allylic oxidation sites excluding steroid dienone is 1. The fourth-order valence-corrected chi connectivity index (χ4v) is 2.19. The van der Waals surface area contributed by atoms with E-state index in [0.717, 1.165) is 0 Å². The molecule has 1 atom stereocenters. The molecule has 0 aromatic rings. The molecule has 128 valence electrons. The number of ether oxygens (including phenoxy) is 1. The van der Waals surface area contributed by atoms with Crippen molar-refractivity contribution in [2.45, 2.75) is 13.3 Å². The fraction of sp³-hybridized carbons (Fsp3) is 0.429. The molecule has 2 aliphatic rings. The maximum atomic E-state index is 11.6. The van der Waals surface area contributed by atoms with Crippen molar-refractivity contribution < 1.29 is 14.3 Å². The topological polar surface area (TPSA) is 117 Å². The van der Waals surface area contributed by atoms with Gasteiger partial charge in [-0.25, -0.2) is 4.79 Å². The number of fused-ring (bicyclic) bond motifs is 1. The second-order valence-electron chi connectivity index (χ2n) is 4.79. The van der Waals surface area contributed by atoms with Gasteiger partial charge in [-0.2, -0.15) is 0 Å². The summed E-state index contributed by atoms with van der Waals surface area (Å²) in [6.07, 6.45) is 5.19. The van der Waals surface area contributed by atoms with E-state index in [1.54, 1.807) is 25.3 Å². The van der Waals surface area contributed by atoms with Crippen molar-refractivity contribution >= 4 is 35.5 Å². The quantitative estimate of drug-likeness (QED) is 0.486. The zero-order valence-electron chi connectivity index (χ0n) is 13.1. The van der Waals surface area contributed by atoms with Crippen molar-refractivity contribution in [3.8, 4) is 0 Å². The van der Waals surface area contributed by atoms with Crippen molar-refractivity contribution in [1.29, 1.82) is 0 Å². The summed E-state index contributed by atoms with van der Waals surface area (Å²) in [5.41, 5.74) is 0.574. The molecule has 0 saturated heterocycles. The van der Waals surface area contributed by atoms with E-state index in [-0.39, 0.29) is 17.6 Å². The average Bonchev–Trinajstić information content (AvgIpc) is 2.57. The summed E-state index contributed by atoms with van der Waals surface area (Å²) in [5.74, 6) is -0.289. The minimum Gasteiger partial charge on any atom is -0.450 e. The van der Waals surface area contributed by atoms with Gasteiger partial charge in [0.15, 0.2) is 10.9 Å². The smallest absolute Gasteiger partial charge is 0.413 e. The van der Waals surface area contributed by atoms with Crippen LogP contribution in [-0.2, 0) is 9.53 Å². The molecule has 0 bridgehead atoms. The predicted molar refractivity (Wildman–Crippen MR) is 91.4 cm³/mol. The van der Waals surface area contributed by atoms with Gasteiger partial charge in [0.1, 0.15) is 11.6 Å². The molecule has 24 heavy (non-hydrogen) atoms. The van der Waals surface area contributed by atoms with E-state index in [2.05, 4.69) is 31.2 Å². The van der Waals surface area contributed by atoms with Crippen LogP contribution in [0.25, 0.3) is 0 Å². The number of nitrogens with zero attached hydrogens (tertiary/aromatic N) is 3. The second-order valence-corrected chi connectivity index (χ2v) is 5.20. The van der Waals surface area contributed by atoms with E-state index < -0.39 is 12.0 Å². The van der Waals surface area contributed by atoms with Crippen LogP contribution in [0.1, 0.15) is 13.3 Å². The van der Waals surface area contributed by atoms with Gasteiger partial charge in [-0.15, -0.1) is 10.2 Å². The minimum absolute atomic E-state index is 0.209. The lowest BCUT2D eigenvalue weighted by molar-refractivity contribution is -0.120. The number of rotatable bonds is 6. The zero-order valence-corrected chi connectivity index (χ0v) is 13.9. The molecule has 0 aliphatic carbocycles. The average molecular weight is 350 g/mol. The number of nitrogens with one attached hydrogen (secondary N) is 3. The Kier molecular flexibility index (Phi) is 6.55. The van der Waals surface area contributed by atoms with E-state index in [1.807, 2.05) is 0 Å². The SMILES string of the molecule is CCOC(=O)NC(=S)NCCCNC1=C2N=CC=CC2C(=O)N=N1. The zero-order chi connectivity index (χ0) is 17.4. The lowest BCUT2D eigenvalue weighted by atomic mass is 10.0. The molecule has 0 fully saturated rings. The van der Waals surface area contributed by atoms with Crippen LogP contribution in [0.3, 0.4) is 0 Å². The number of hydrogen-bond donors (Lipinski definition) is 3. The molecule has 9 nitrogen and oxygen atoms in total. The number of aliphatic imine (C=N–C) groups is 1. The standard InChI is InChI=1S/C14H18N6O3S/c1-2-23-14(22)18-13(24)17-8-4-7-16-11-10-9(5-3-6-15-10)12(21)20-19-11/h3,5-6,9,16H,2,4,7-8H2,1H3,(H2,17,18,22,24). The normalized spacial score (nSPS) is 18.2. The number of azo groups is 1. The molecule has 0 aromatic heterocycles. The summed E-state index contributed by atoms with van der Waals surface area (Å²) in [7, 11) is 0. The maximum Gasteiger partial charge on any atom is 0.413 e. The summed E-state index contributed by atoms with van der Waals surface area (Å²) in [4.78, 5) is 27.0. The van der Waals surface area contributed by atoms with Gasteiger partial charge in [0.05, 0.1) is 6.61 Å². The van der Waals surface area contributed by atoms with Gasteiger partial charge in [-0.3, -0.25) is 15.1 Å². The molecule has 2 aliphatic heterocycles. The van der Waals surface area contributed by atoms with Crippen molar-refractivity contribution in [2.24, 2.45) is 21.1 Å². The maximum absolute atomic E-state index is 11.6. The first-order valence-corrected chi connectivity index (χ1v) is 7.88. The minimum atomic E-state index is -0.582. The van der Waals surface area contributed by atoms with E-state index in [1.165, 1.54) is 0 Å². The Morgan fingerprint density at radius 2 is 2.21 bits per heavy atom. The van der Waals surface area contributed by atoms with E-state index >= 15 is 0 Å². The van der Waals surface area contributed by atoms with Crippen LogP contribution in [0.2, 0.25) is 0 Å². The second kappa shape index (κ2) is 8.87. The molecular weight excluding hydrogens is 332 g/mol. The summed E-state index contributed by atoms with van der Waals surface area (Å²) < 4.78 is 4.71. The lowest BCUT2D eigenvalue weighted by Gasteiger charge is -2.19. The molecule has 2 rings (SSSR count). The van der Waals surface area contributed by atoms with Crippen molar-refractivity contribution in [3.63, 3.8) is 0 Å². The summed E-state index contributed by atoms with van der Waals surface area (Å²) in [5, 5.41) is 16.1. The number of hydrogen-bond acceptors (Lipinski definition) is 7. The number of dihydropyridines is 1. The number of alkyl carbamates (subject to hydrolysis) is 1. The molecule has 0 saturated carbocycles. The molecule has 2 heterocycles. The number of carbonyl (C=O) groups excluding carboxylic acids is 2. The molecule has 2 amide bonds. The third-order valence-corrected chi connectivity index (χ3v) is 3.32. The highest BCUT2D eigenvalue weighted by atomic mass is 32.1. The number of thiocarbonyl (C=S) groups is 1. The largest absolute Gasteiger partial charge is 0.450 e. The van der Waals surface area contributed by atoms with Crippen LogP contribution in [0.15, 0.2) is 38.9 Å². The lowest BCUT2D eigenvalue weighted by Crippen LogP contribution is -2.40. The van der Waals surface area contributed by atoms with Gasteiger partial charge in [0.25, 0.3) is 5.91 Å². The Morgan fingerprint density at radius 1 is 1.38 bits per heavy atom. The van der Waals surface area contributed by atoms with Crippen LogP contribution in [0.4, 0.5) is 4.79 Å². The van der Waals surface area contributed by atoms with Crippen molar-refractivity contribution in [1.82, 2.24) is 16.0 Å². The molecular formula is C14H18N6O3S. The van der Waals surface area contributed by atoms with Crippen molar-refractivity contribution in [3.05, 3.63) is 23.7 Å². The molecule has 0 radical (unpaired) electrons. The first-order chi connectivity index (χ1) is 11.6. The molecule has 10 heteroatoms. The molecule has 0 spiro atoms. The molecule has 0 aromatic carbocycles. The number of carbonyl (C=O) groups is 2. The van der Waals surface area contributed by atoms with Crippen LogP contribution < -0.4 is 16.0 Å². The van der Waals surface area contributed by atoms with Gasteiger partial charge in [-0.05, 0) is 31.6 Å². The summed E-state index contributed by atoms with van der Waals surface area (Å²) in [6.45, 7) is 3.12. The van der Waals surface area contributed by atoms with Crippen LogP contribution in [0.5, 0.6) is 0 Å². The Labute approximate surface area is 144 Å². The summed E-state index contributed by atoms with van der Waals surface area (Å²) >= 11 is 4.96. The van der Waals surface area contributed by atoms with Crippen LogP contribution >= 0.6 is 12.2 Å². The highest BCUT2D eigenvalue weighted by Gasteiger charge is 2.28. The highest BCUT2D eigenvalue weighted by Crippen LogP contribution is 2.26. The first kappa shape index (κ1) is 17.7. The third-order valence-electron chi connectivity index (χ3n) is 3.08. The van der Waals surface area contributed by atoms with Gasteiger partial charge in [0.2, 0.25) is 0 Å². The van der Waals surface area contributed by atoms with E-state index in [4.69, 9.17) is 17.0 Å². The molecule has 1 unspecified atom stereocenters. The monoisotopic (exact) mass is 350 g/mol. The van der Waals surface area contributed by atoms with Gasteiger partial charge in [0, 0.05) is 19.3 Å². The Balaban J connectivity index is 1.71. The van der Waals surface area contributed by atoms with Gasteiger partial charge < -0.3 is 15.4 Å². The first-order valence-electron chi connectivity index (χ1n) is 7.48. The number of amides is 2. The predicted octanol–water partition coefficient (Wildman–Crippen LogP) is 1.00. The Hall–Kier alpha value is -2.62. The van der Waals surface area contributed by atoms with Crippen LogP contribution in [-0.4, -0.2) is 43.0 Å². The summed E-state index contributed by atoms with van der Waals surface area (Å²) in [6, 6.07) is 0. The van der Waals surface area contributed by atoms with Crippen molar-refractivity contribution in [2.75, 3.05) is 19.7 Å². The van der Waals surface area contributed by atoms with Gasteiger partial charge in [-0.1, -0.05) is 6.08 Å². The molecule has 3 N–H and O–H groups in total. The van der Waals surface area contributed by atoms with Crippen LogP contribution in [0, 0.1) is 5.92 Å². The van der Waals surface area contributed by atoms with E-state index in [9.17, 15) is 9.59 Å². The van der Waals surface area contributed by atoms with Gasteiger partial charge >= 0.3 is 6.09 Å². The Bertz CT molecular complexity index is 640. The fourth-order valence-electron chi connectivity index (χ4n) is 2.00. The highest BCUT2D eigenvalue weighted by molar-refractivity contribution is 7.80.